The van der Waals surface area contributed by atoms with Crippen LogP contribution < -0.4 is 10.1 Å². The number of alkyl carbamates (subject to hydrolysis) is 1. The van der Waals surface area contributed by atoms with Crippen LogP contribution in [0.5, 0.6) is 5.88 Å². The van der Waals surface area contributed by atoms with Crippen molar-refractivity contribution >= 4 is 28.7 Å². The highest BCUT2D eigenvalue weighted by Gasteiger charge is 2.15. The normalized spacial score (nSPS) is 11.1. The molecule has 0 bridgehead atoms. The fraction of sp³-hybridized carbons (Fsp3) is 0.636. The Labute approximate surface area is 120 Å². The topological polar surface area (TPSA) is 73.6 Å². The highest BCUT2D eigenvalue weighted by atomic mass is 127. The van der Waals surface area contributed by atoms with Crippen LogP contribution in [0.15, 0.2) is 10.6 Å². The molecule has 102 valence electrons. The van der Waals surface area contributed by atoms with Crippen molar-refractivity contribution in [2.24, 2.45) is 0 Å². The van der Waals surface area contributed by atoms with Gasteiger partial charge in [0.1, 0.15) is 18.0 Å². The number of hydrogen-bond acceptors (Lipinski definition) is 5. The molecule has 0 aliphatic rings. The molecular formula is C11H17IN2O4. The van der Waals surface area contributed by atoms with E-state index < -0.39 is 11.7 Å². The quantitative estimate of drug-likeness (QED) is 0.491. The van der Waals surface area contributed by atoms with Crippen molar-refractivity contribution in [3.8, 4) is 5.88 Å². The summed E-state index contributed by atoms with van der Waals surface area (Å²) >= 11 is 2.17. The van der Waals surface area contributed by atoms with Crippen molar-refractivity contribution in [2.45, 2.75) is 30.8 Å². The van der Waals surface area contributed by atoms with Gasteiger partial charge < -0.3 is 19.3 Å². The van der Waals surface area contributed by atoms with Crippen molar-refractivity contribution in [1.29, 1.82) is 0 Å². The van der Waals surface area contributed by atoms with E-state index in [9.17, 15) is 4.79 Å². The summed E-state index contributed by atoms with van der Waals surface area (Å²) in [6.07, 6.45) is -0.459. The van der Waals surface area contributed by atoms with E-state index in [1.165, 1.54) is 0 Å². The summed E-state index contributed by atoms with van der Waals surface area (Å²) < 4.78 is 16.1. The Balaban J connectivity index is 2.17. The van der Waals surface area contributed by atoms with Gasteiger partial charge in [-0.3, -0.25) is 0 Å². The van der Waals surface area contributed by atoms with E-state index in [1.807, 2.05) is 20.8 Å². The average molecular weight is 368 g/mol. The lowest BCUT2D eigenvalue weighted by Crippen LogP contribution is -2.34. The van der Waals surface area contributed by atoms with Gasteiger partial charge in [0.15, 0.2) is 0 Å². The van der Waals surface area contributed by atoms with E-state index in [1.54, 1.807) is 6.07 Å². The summed E-state index contributed by atoms with van der Waals surface area (Å²) in [7, 11) is 0. The van der Waals surface area contributed by atoms with Crippen LogP contribution >= 0.6 is 22.6 Å². The molecule has 6 nitrogen and oxygen atoms in total. The van der Waals surface area contributed by atoms with Gasteiger partial charge in [-0.1, -0.05) is 22.6 Å². The Morgan fingerprint density at radius 3 is 2.83 bits per heavy atom. The van der Waals surface area contributed by atoms with Crippen LogP contribution in [0.25, 0.3) is 0 Å². The number of alkyl halides is 1. The SMILES string of the molecule is CC(C)(C)OC(=O)NCCOc1cc(CI)on1. The lowest BCUT2D eigenvalue weighted by molar-refractivity contribution is 0.0519. The number of amides is 1. The molecule has 0 aliphatic carbocycles. The zero-order chi connectivity index (χ0) is 13.6. The maximum Gasteiger partial charge on any atom is 0.407 e. The third-order valence-corrected chi connectivity index (χ3v) is 2.44. The molecule has 0 atom stereocenters. The van der Waals surface area contributed by atoms with E-state index in [-0.39, 0.29) is 0 Å². The van der Waals surface area contributed by atoms with E-state index in [2.05, 4.69) is 33.1 Å². The first-order valence-corrected chi connectivity index (χ1v) is 7.04. The standard InChI is InChI=1S/C11H17IN2O4/c1-11(2,3)17-10(15)13-4-5-16-9-6-8(7-12)18-14-9/h6H,4-5,7H2,1-3H3,(H,13,15). The van der Waals surface area contributed by atoms with Gasteiger partial charge in [-0.15, -0.1) is 0 Å². The molecule has 1 amide bonds. The van der Waals surface area contributed by atoms with Crippen LogP contribution in [-0.4, -0.2) is 30.0 Å². The number of ether oxygens (including phenoxy) is 2. The van der Waals surface area contributed by atoms with Crippen LogP contribution in [0.4, 0.5) is 4.79 Å². The first-order valence-electron chi connectivity index (χ1n) is 5.52. The number of rotatable bonds is 5. The van der Waals surface area contributed by atoms with Crippen molar-refractivity contribution in [1.82, 2.24) is 10.5 Å². The van der Waals surface area contributed by atoms with Crippen LogP contribution in [0, 0.1) is 0 Å². The second kappa shape index (κ2) is 6.81. The Hall–Kier alpha value is -0.990. The largest absolute Gasteiger partial charge is 0.474 e. The molecule has 1 aromatic rings. The number of carbonyl (C=O) groups excluding carboxylic acids is 1. The predicted octanol–water partition coefficient (Wildman–Crippen LogP) is 2.51. The van der Waals surface area contributed by atoms with Gasteiger partial charge in [0.25, 0.3) is 5.88 Å². The number of aromatic nitrogens is 1. The van der Waals surface area contributed by atoms with Gasteiger partial charge in [0, 0.05) is 6.07 Å². The third-order valence-electron chi connectivity index (χ3n) is 1.69. The van der Waals surface area contributed by atoms with Gasteiger partial charge in [-0.25, -0.2) is 4.79 Å². The van der Waals surface area contributed by atoms with E-state index in [0.717, 1.165) is 10.2 Å². The zero-order valence-electron chi connectivity index (χ0n) is 10.7. The average Bonchev–Trinajstić information content (AvgIpc) is 2.70. The Bertz CT molecular complexity index is 387. The molecule has 0 aromatic carbocycles. The molecule has 1 N–H and O–H groups in total. The molecule has 1 aromatic heterocycles. The summed E-state index contributed by atoms with van der Waals surface area (Å²) in [5, 5.41) is 6.30. The van der Waals surface area contributed by atoms with Gasteiger partial charge in [-0.2, -0.15) is 0 Å². The Morgan fingerprint density at radius 2 is 2.28 bits per heavy atom. The molecule has 18 heavy (non-hydrogen) atoms. The minimum Gasteiger partial charge on any atom is -0.474 e. The van der Waals surface area contributed by atoms with Crippen LogP contribution in [-0.2, 0) is 9.16 Å². The smallest absolute Gasteiger partial charge is 0.407 e. The number of hydrogen-bond donors (Lipinski definition) is 1. The fourth-order valence-corrected chi connectivity index (χ4v) is 1.41. The summed E-state index contributed by atoms with van der Waals surface area (Å²) in [4.78, 5) is 11.3. The molecule has 0 fully saturated rings. The summed E-state index contributed by atoms with van der Waals surface area (Å²) in [5.74, 6) is 1.18. The van der Waals surface area contributed by atoms with Crippen molar-refractivity contribution in [3.63, 3.8) is 0 Å². The predicted molar refractivity (Wildman–Crippen MR) is 74.0 cm³/mol. The molecule has 0 saturated heterocycles. The van der Waals surface area contributed by atoms with E-state index >= 15 is 0 Å². The summed E-state index contributed by atoms with van der Waals surface area (Å²) in [6, 6.07) is 1.72. The lowest BCUT2D eigenvalue weighted by Gasteiger charge is -2.19. The maximum atomic E-state index is 11.3. The summed E-state index contributed by atoms with van der Waals surface area (Å²) in [5.41, 5.74) is -0.494. The molecule has 1 heterocycles. The Morgan fingerprint density at radius 1 is 1.56 bits per heavy atom. The van der Waals surface area contributed by atoms with E-state index in [4.69, 9.17) is 14.0 Å². The molecule has 1 rings (SSSR count). The number of nitrogens with one attached hydrogen (secondary N) is 1. The number of halogens is 1. The van der Waals surface area contributed by atoms with Crippen LogP contribution in [0.1, 0.15) is 26.5 Å². The highest BCUT2D eigenvalue weighted by Crippen LogP contribution is 2.13. The minimum atomic E-state index is -0.494. The summed E-state index contributed by atoms with van der Waals surface area (Å²) in [6.45, 7) is 6.09. The molecule has 0 radical (unpaired) electrons. The van der Waals surface area contributed by atoms with Gasteiger partial charge in [0.2, 0.25) is 0 Å². The lowest BCUT2D eigenvalue weighted by atomic mass is 10.2. The minimum absolute atomic E-state index is 0.312. The van der Waals surface area contributed by atoms with Gasteiger partial charge in [-0.05, 0) is 25.9 Å². The highest BCUT2D eigenvalue weighted by molar-refractivity contribution is 14.1. The fourth-order valence-electron chi connectivity index (χ4n) is 1.05. The van der Waals surface area contributed by atoms with Crippen molar-refractivity contribution in [3.05, 3.63) is 11.8 Å². The molecule has 0 unspecified atom stereocenters. The number of nitrogens with zero attached hydrogens (tertiary/aromatic N) is 1. The third kappa shape index (κ3) is 6.08. The first-order chi connectivity index (χ1) is 8.40. The second-order valence-corrected chi connectivity index (χ2v) is 5.31. The Kier molecular flexibility index (Phi) is 5.70. The second-order valence-electron chi connectivity index (χ2n) is 4.54. The maximum absolute atomic E-state index is 11.3. The molecular weight excluding hydrogens is 351 g/mol. The monoisotopic (exact) mass is 368 g/mol. The van der Waals surface area contributed by atoms with E-state index in [0.29, 0.717) is 19.0 Å². The van der Waals surface area contributed by atoms with Gasteiger partial charge in [0.05, 0.1) is 11.0 Å². The molecule has 0 saturated carbocycles. The van der Waals surface area contributed by atoms with Crippen LogP contribution in [0.2, 0.25) is 0 Å². The zero-order valence-corrected chi connectivity index (χ0v) is 12.8. The molecule has 0 aliphatic heterocycles. The van der Waals surface area contributed by atoms with Crippen molar-refractivity contribution < 1.29 is 18.8 Å². The molecule has 0 spiro atoms. The molecule has 7 heteroatoms. The van der Waals surface area contributed by atoms with Crippen molar-refractivity contribution in [2.75, 3.05) is 13.2 Å². The number of carbonyl (C=O) groups is 1. The first kappa shape index (κ1) is 15.1. The van der Waals surface area contributed by atoms with Crippen LogP contribution in [0.3, 0.4) is 0 Å². The van der Waals surface area contributed by atoms with Gasteiger partial charge >= 0.3 is 6.09 Å².